The average Bonchev–Trinajstić information content (AvgIpc) is 2.30. The Morgan fingerprint density at radius 1 is 1.42 bits per heavy atom. The molecule has 1 aromatic rings. The van der Waals surface area contributed by atoms with Crippen LogP contribution in [0.2, 0.25) is 5.02 Å². The molecule has 19 heavy (non-hydrogen) atoms. The predicted octanol–water partition coefficient (Wildman–Crippen LogP) is 2.59. The van der Waals surface area contributed by atoms with Crippen molar-refractivity contribution in [3.8, 4) is 5.75 Å². The summed E-state index contributed by atoms with van der Waals surface area (Å²) in [5.41, 5.74) is 6.09. The second kappa shape index (κ2) is 7.36. The topological polar surface area (TPSA) is 64.3 Å². The molecule has 0 spiro atoms. The first-order chi connectivity index (χ1) is 8.90. The summed E-state index contributed by atoms with van der Waals surface area (Å²) in [6.07, 6.45) is 0.726. The highest BCUT2D eigenvalue weighted by atomic mass is 35.5. The number of benzene rings is 1. The maximum absolute atomic E-state index is 12.1. The summed E-state index contributed by atoms with van der Waals surface area (Å²) in [6.45, 7) is 6.25. The SMILES string of the molecule is CC(N)CCNC(=O)c1cc(Cl)ccc1OC(C)C. The van der Waals surface area contributed by atoms with Crippen LogP contribution in [0.4, 0.5) is 0 Å². The molecular weight excluding hydrogens is 264 g/mol. The van der Waals surface area contributed by atoms with Gasteiger partial charge >= 0.3 is 0 Å². The van der Waals surface area contributed by atoms with Crippen LogP contribution in [0.15, 0.2) is 18.2 Å². The first-order valence-corrected chi connectivity index (χ1v) is 6.78. The van der Waals surface area contributed by atoms with E-state index >= 15 is 0 Å². The second-order valence-electron chi connectivity index (χ2n) is 4.83. The molecule has 0 aliphatic rings. The van der Waals surface area contributed by atoms with Crippen LogP contribution in [0.3, 0.4) is 0 Å². The van der Waals surface area contributed by atoms with Crippen LogP contribution >= 0.6 is 11.6 Å². The average molecular weight is 285 g/mol. The third-order valence-electron chi connectivity index (χ3n) is 2.43. The lowest BCUT2D eigenvalue weighted by molar-refractivity contribution is 0.0947. The number of hydrogen-bond acceptors (Lipinski definition) is 3. The maximum atomic E-state index is 12.1. The van der Waals surface area contributed by atoms with Gasteiger partial charge in [-0.05, 0) is 45.4 Å². The minimum Gasteiger partial charge on any atom is -0.490 e. The molecule has 0 radical (unpaired) electrons. The van der Waals surface area contributed by atoms with E-state index in [9.17, 15) is 4.79 Å². The summed E-state index contributed by atoms with van der Waals surface area (Å²) in [7, 11) is 0. The molecule has 0 bridgehead atoms. The van der Waals surface area contributed by atoms with Gasteiger partial charge in [-0.3, -0.25) is 4.79 Å². The highest BCUT2D eigenvalue weighted by Crippen LogP contribution is 2.23. The van der Waals surface area contributed by atoms with Crippen LogP contribution in [0.5, 0.6) is 5.75 Å². The van der Waals surface area contributed by atoms with Crippen molar-refractivity contribution in [1.82, 2.24) is 5.32 Å². The molecule has 0 heterocycles. The quantitative estimate of drug-likeness (QED) is 0.844. The van der Waals surface area contributed by atoms with E-state index in [1.165, 1.54) is 0 Å². The molecule has 1 rings (SSSR count). The Kier molecular flexibility index (Phi) is 6.12. The first-order valence-electron chi connectivity index (χ1n) is 6.40. The Labute approximate surface area is 119 Å². The number of carbonyl (C=O) groups excluding carboxylic acids is 1. The van der Waals surface area contributed by atoms with Crippen LogP contribution in [0.25, 0.3) is 0 Å². The fraction of sp³-hybridized carbons (Fsp3) is 0.500. The van der Waals surface area contributed by atoms with Crippen molar-refractivity contribution < 1.29 is 9.53 Å². The summed E-state index contributed by atoms with van der Waals surface area (Å²) in [5.74, 6) is 0.344. The fourth-order valence-electron chi connectivity index (χ4n) is 1.54. The van der Waals surface area contributed by atoms with Crippen molar-refractivity contribution in [2.45, 2.75) is 39.3 Å². The Morgan fingerprint density at radius 2 is 2.11 bits per heavy atom. The number of nitrogens with one attached hydrogen (secondary N) is 1. The van der Waals surface area contributed by atoms with Crippen molar-refractivity contribution >= 4 is 17.5 Å². The van der Waals surface area contributed by atoms with Crippen LogP contribution in [0.1, 0.15) is 37.6 Å². The Hall–Kier alpha value is -1.26. The number of hydrogen-bond donors (Lipinski definition) is 2. The van der Waals surface area contributed by atoms with Gasteiger partial charge in [-0.25, -0.2) is 0 Å². The van der Waals surface area contributed by atoms with Gasteiger partial charge in [-0.15, -0.1) is 0 Å². The number of amides is 1. The molecule has 0 saturated carbocycles. The van der Waals surface area contributed by atoms with Crippen molar-refractivity contribution in [1.29, 1.82) is 0 Å². The molecule has 1 aromatic carbocycles. The highest BCUT2D eigenvalue weighted by Gasteiger charge is 2.14. The van der Waals surface area contributed by atoms with Gasteiger partial charge in [-0.1, -0.05) is 11.6 Å². The smallest absolute Gasteiger partial charge is 0.255 e. The van der Waals surface area contributed by atoms with Gasteiger partial charge in [0, 0.05) is 17.6 Å². The number of ether oxygens (including phenoxy) is 1. The van der Waals surface area contributed by atoms with E-state index in [4.69, 9.17) is 22.1 Å². The van der Waals surface area contributed by atoms with Crippen LogP contribution < -0.4 is 15.8 Å². The van der Waals surface area contributed by atoms with Gasteiger partial charge < -0.3 is 15.8 Å². The molecule has 0 fully saturated rings. The molecular formula is C14H21ClN2O2. The zero-order chi connectivity index (χ0) is 14.4. The minimum absolute atomic E-state index is 0.00297. The third-order valence-corrected chi connectivity index (χ3v) is 2.67. The lowest BCUT2D eigenvalue weighted by Crippen LogP contribution is -2.29. The first kappa shape index (κ1) is 15.8. The molecule has 4 nitrogen and oxygen atoms in total. The predicted molar refractivity (Wildman–Crippen MR) is 77.8 cm³/mol. The highest BCUT2D eigenvalue weighted by molar-refractivity contribution is 6.31. The number of halogens is 1. The number of rotatable bonds is 6. The minimum atomic E-state index is -0.196. The van der Waals surface area contributed by atoms with Crippen molar-refractivity contribution in [3.63, 3.8) is 0 Å². The molecule has 0 aromatic heterocycles. The van der Waals surface area contributed by atoms with Gasteiger partial charge in [0.1, 0.15) is 5.75 Å². The van der Waals surface area contributed by atoms with Crippen LogP contribution in [-0.2, 0) is 0 Å². The summed E-state index contributed by atoms with van der Waals surface area (Å²) in [5, 5.41) is 3.32. The number of carbonyl (C=O) groups is 1. The van der Waals surface area contributed by atoms with Crippen LogP contribution in [0, 0.1) is 0 Å². The summed E-state index contributed by atoms with van der Waals surface area (Å²) >= 11 is 5.93. The largest absolute Gasteiger partial charge is 0.490 e. The maximum Gasteiger partial charge on any atom is 0.255 e. The van der Waals surface area contributed by atoms with Gasteiger partial charge in [0.15, 0.2) is 0 Å². The molecule has 0 aliphatic heterocycles. The van der Waals surface area contributed by atoms with Gasteiger partial charge in [0.25, 0.3) is 5.91 Å². The van der Waals surface area contributed by atoms with E-state index in [0.717, 1.165) is 6.42 Å². The lowest BCUT2D eigenvalue weighted by atomic mass is 10.1. The third kappa shape index (κ3) is 5.49. The summed E-state index contributed by atoms with van der Waals surface area (Å²) in [4.78, 5) is 12.1. The molecule has 1 atom stereocenters. The Morgan fingerprint density at radius 3 is 2.68 bits per heavy atom. The lowest BCUT2D eigenvalue weighted by Gasteiger charge is -2.14. The Bertz CT molecular complexity index is 433. The van der Waals surface area contributed by atoms with Gasteiger partial charge in [0.2, 0.25) is 0 Å². The van der Waals surface area contributed by atoms with Gasteiger partial charge in [-0.2, -0.15) is 0 Å². The molecule has 1 unspecified atom stereocenters. The van der Waals surface area contributed by atoms with Crippen molar-refractivity contribution in [3.05, 3.63) is 28.8 Å². The van der Waals surface area contributed by atoms with E-state index in [0.29, 0.717) is 22.9 Å². The summed E-state index contributed by atoms with van der Waals surface area (Å²) in [6, 6.07) is 5.09. The van der Waals surface area contributed by atoms with E-state index in [1.54, 1.807) is 18.2 Å². The van der Waals surface area contributed by atoms with E-state index in [-0.39, 0.29) is 18.1 Å². The zero-order valence-corrected chi connectivity index (χ0v) is 12.3. The molecule has 0 saturated heterocycles. The normalized spacial score (nSPS) is 12.3. The van der Waals surface area contributed by atoms with E-state index in [1.807, 2.05) is 20.8 Å². The standard InChI is InChI=1S/C14H21ClN2O2/c1-9(2)19-13-5-4-11(15)8-12(13)14(18)17-7-6-10(3)16/h4-5,8-10H,6-7,16H2,1-3H3,(H,17,18). The molecule has 3 N–H and O–H groups in total. The monoisotopic (exact) mass is 284 g/mol. The molecule has 0 aliphatic carbocycles. The summed E-state index contributed by atoms with van der Waals surface area (Å²) < 4.78 is 5.60. The van der Waals surface area contributed by atoms with Crippen molar-refractivity contribution in [2.24, 2.45) is 5.73 Å². The van der Waals surface area contributed by atoms with Crippen molar-refractivity contribution in [2.75, 3.05) is 6.54 Å². The molecule has 106 valence electrons. The number of nitrogens with two attached hydrogens (primary N) is 1. The zero-order valence-electron chi connectivity index (χ0n) is 11.6. The second-order valence-corrected chi connectivity index (χ2v) is 5.27. The van der Waals surface area contributed by atoms with E-state index < -0.39 is 0 Å². The molecule has 5 heteroatoms. The van der Waals surface area contributed by atoms with E-state index in [2.05, 4.69) is 5.32 Å². The molecule has 1 amide bonds. The Balaban J connectivity index is 2.78. The van der Waals surface area contributed by atoms with Gasteiger partial charge in [0.05, 0.1) is 11.7 Å². The van der Waals surface area contributed by atoms with Crippen LogP contribution in [-0.4, -0.2) is 24.6 Å². The fourth-order valence-corrected chi connectivity index (χ4v) is 1.72.